The molecular formula is C11H15IN6. The Morgan fingerprint density at radius 2 is 2.22 bits per heavy atom. The van der Waals surface area contributed by atoms with Crippen LogP contribution in [0.25, 0.3) is 5.65 Å². The average molecular weight is 358 g/mol. The maximum Gasteiger partial charge on any atom is 0.194 e. The number of aliphatic imine (C=N–C) groups is 1. The summed E-state index contributed by atoms with van der Waals surface area (Å²) in [6, 6.07) is 5.87. The van der Waals surface area contributed by atoms with E-state index in [2.05, 4.69) is 25.4 Å². The zero-order valence-electron chi connectivity index (χ0n) is 10.1. The van der Waals surface area contributed by atoms with E-state index in [0.29, 0.717) is 6.54 Å². The highest BCUT2D eigenvalue weighted by molar-refractivity contribution is 14.0. The van der Waals surface area contributed by atoms with Gasteiger partial charge in [-0.05, 0) is 12.1 Å². The minimum Gasteiger partial charge on any atom is -0.349 e. The van der Waals surface area contributed by atoms with E-state index in [4.69, 9.17) is 0 Å². The number of aromatic nitrogens is 3. The molecule has 0 spiro atoms. The molecule has 0 aromatic carbocycles. The van der Waals surface area contributed by atoms with Gasteiger partial charge in [-0.25, -0.2) is 0 Å². The molecule has 0 radical (unpaired) electrons. The molecule has 1 N–H and O–H groups in total. The molecule has 18 heavy (non-hydrogen) atoms. The van der Waals surface area contributed by atoms with Gasteiger partial charge >= 0.3 is 0 Å². The van der Waals surface area contributed by atoms with Crippen molar-refractivity contribution in [2.24, 2.45) is 4.99 Å². The van der Waals surface area contributed by atoms with E-state index in [-0.39, 0.29) is 24.0 Å². The van der Waals surface area contributed by atoms with Gasteiger partial charge in [-0.15, -0.1) is 34.2 Å². The lowest BCUT2D eigenvalue weighted by molar-refractivity contribution is 0.532. The number of hydrogen-bond acceptors (Lipinski definition) is 5. The van der Waals surface area contributed by atoms with E-state index in [0.717, 1.165) is 30.5 Å². The van der Waals surface area contributed by atoms with E-state index in [1.165, 1.54) is 0 Å². The normalized spacial score (nSPS) is 14.5. The van der Waals surface area contributed by atoms with E-state index >= 15 is 0 Å². The first kappa shape index (κ1) is 13.1. The second kappa shape index (κ2) is 5.51. The van der Waals surface area contributed by atoms with Crippen molar-refractivity contribution < 1.29 is 0 Å². The van der Waals surface area contributed by atoms with Gasteiger partial charge in [0.2, 0.25) is 0 Å². The monoisotopic (exact) mass is 358 g/mol. The Labute approximate surface area is 122 Å². The Bertz CT molecular complexity index is 563. The third-order valence-corrected chi connectivity index (χ3v) is 2.85. The van der Waals surface area contributed by atoms with Crippen molar-refractivity contribution in [3.8, 4) is 0 Å². The predicted octanol–water partition coefficient (Wildman–Crippen LogP) is 0.738. The lowest BCUT2D eigenvalue weighted by Gasteiger charge is -2.14. The van der Waals surface area contributed by atoms with Crippen LogP contribution in [0.4, 0.5) is 0 Å². The zero-order chi connectivity index (χ0) is 11.7. The molecule has 2 aromatic rings. The highest BCUT2D eigenvalue weighted by Crippen LogP contribution is 2.03. The standard InChI is InChI=1S/C11H14N6.HI/c1-16-7-5-12-11(16)13-8-10-15-14-9-4-2-3-6-17(9)10;/h2-4,6H,5,7-8H2,1H3,(H,12,13);1H. The van der Waals surface area contributed by atoms with Crippen LogP contribution in [-0.2, 0) is 6.54 Å². The Morgan fingerprint density at radius 1 is 1.33 bits per heavy atom. The molecule has 7 heteroatoms. The second-order valence-corrected chi connectivity index (χ2v) is 4.03. The van der Waals surface area contributed by atoms with Gasteiger partial charge in [-0.1, -0.05) is 6.07 Å². The molecule has 0 saturated heterocycles. The number of halogens is 1. The summed E-state index contributed by atoms with van der Waals surface area (Å²) in [5.74, 6) is 1.82. The SMILES string of the molecule is CN1CCN=C1NCc1nnc2ccccn12.I. The summed E-state index contributed by atoms with van der Waals surface area (Å²) in [6.45, 7) is 2.47. The first-order chi connectivity index (χ1) is 8.34. The van der Waals surface area contributed by atoms with Crippen molar-refractivity contribution in [2.45, 2.75) is 6.54 Å². The quantitative estimate of drug-likeness (QED) is 0.805. The van der Waals surface area contributed by atoms with Crippen LogP contribution in [0.3, 0.4) is 0 Å². The molecule has 3 rings (SSSR count). The van der Waals surface area contributed by atoms with E-state index in [9.17, 15) is 0 Å². The minimum absolute atomic E-state index is 0. The average Bonchev–Trinajstić information content (AvgIpc) is 2.93. The lowest BCUT2D eigenvalue weighted by Crippen LogP contribution is -2.35. The van der Waals surface area contributed by atoms with Crippen LogP contribution in [0.15, 0.2) is 29.4 Å². The van der Waals surface area contributed by atoms with Gasteiger partial charge in [-0.3, -0.25) is 9.39 Å². The summed E-state index contributed by atoms with van der Waals surface area (Å²) < 4.78 is 1.97. The van der Waals surface area contributed by atoms with Crippen LogP contribution < -0.4 is 5.32 Å². The van der Waals surface area contributed by atoms with Crippen molar-refractivity contribution in [1.29, 1.82) is 0 Å². The summed E-state index contributed by atoms with van der Waals surface area (Å²) in [4.78, 5) is 6.47. The largest absolute Gasteiger partial charge is 0.349 e. The minimum atomic E-state index is 0. The van der Waals surface area contributed by atoms with Crippen molar-refractivity contribution in [1.82, 2.24) is 24.8 Å². The first-order valence-corrected chi connectivity index (χ1v) is 5.63. The van der Waals surface area contributed by atoms with Crippen molar-refractivity contribution in [2.75, 3.05) is 20.1 Å². The van der Waals surface area contributed by atoms with Crippen LogP contribution in [0, 0.1) is 0 Å². The Morgan fingerprint density at radius 3 is 3.00 bits per heavy atom. The van der Waals surface area contributed by atoms with E-state index < -0.39 is 0 Å². The molecule has 0 atom stereocenters. The van der Waals surface area contributed by atoms with Crippen LogP contribution in [-0.4, -0.2) is 45.6 Å². The first-order valence-electron chi connectivity index (χ1n) is 5.63. The van der Waals surface area contributed by atoms with Crippen LogP contribution in [0.2, 0.25) is 0 Å². The third-order valence-electron chi connectivity index (χ3n) is 2.85. The van der Waals surface area contributed by atoms with Gasteiger partial charge in [0.05, 0.1) is 13.1 Å². The molecule has 0 fully saturated rings. The molecule has 1 aliphatic heterocycles. The highest BCUT2D eigenvalue weighted by Gasteiger charge is 2.12. The van der Waals surface area contributed by atoms with Gasteiger partial charge in [0.25, 0.3) is 0 Å². The fourth-order valence-corrected chi connectivity index (χ4v) is 1.89. The molecule has 0 unspecified atom stereocenters. The Kier molecular flexibility index (Phi) is 4.00. The molecule has 2 aromatic heterocycles. The molecule has 96 valence electrons. The maximum absolute atomic E-state index is 4.37. The van der Waals surface area contributed by atoms with E-state index in [1.807, 2.05) is 35.8 Å². The molecule has 0 saturated carbocycles. The van der Waals surface area contributed by atoms with Gasteiger partial charge in [0.1, 0.15) is 0 Å². The van der Waals surface area contributed by atoms with Gasteiger partial charge in [-0.2, -0.15) is 0 Å². The third kappa shape index (κ3) is 2.40. The number of rotatable bonds is 2. The summed E-state index contributed by atoms with van der Waals surface area (Å²) in [6.07, 6.45) is 1.96. The van der Waals surface area contributed by atoms with Crippen molar-refractivity contribution >= 4 is 35.6 Å². The Hall–Kier alpha value is -1.38. The lowest BCUT2D eigenvalue weighted by atomic mass is 10.4. The summed E-state index contributed by atoms with van der Waals surface area (Å²) in [7, 11) is 2.03. The summed E-state index contributed by atoms with van der Waals surface area (Å²) in [5, 5.41) is 11.5. The fraction of sp³-hybridized carbons (Fsp3) is 0.364. The smallest absolute Gasteiger partial charge is 0.194 e. The number of nitrogens with zero attached hydrogens (tertiary/aromatic N) is 5. The van der Waals surface area contributed by atoms with Crippen molar-refractivity contribution in [3.63, 3.8) is 0 Å². The zero-order valence-corrected chi connectivity index (χ0v) is 12.4. The van der Waals surface area contributed by atoms with E-state index in [1.54, 1.807) is 0 Å². The number of hydrogen-bond donors (Lipinski definition) is 1. The summed E-state index contributed by atoms with van der Waals surface area (Å²) in [5.41, 5.74) is 0.867. The van der Waals surface area contributed by atoms with Gasteiger partial charge in [0.15, 0.2) is 17.4 Å². The van der Waals surface area contributed by atoms with Crippen molar-refractivity contribution in [3.05, 3.63) is 30.2 Å². The molecule has 6 nitrogen and oxygen atoms in total. The Balaban J connectivity index is 0.00000120. The topological polar surface area (TPSA) is 57.8 Å². The maximum atomic E-state index is 4.37. The molecule has 1 aliphatic rings. The number of likely N-dealkylation sites (N-methyl/N-ethyl adjacent to an activating group) is 1. The fourth-order valence-electron chi connectivity index (χ4n) is 1.89. The number of nitrogens with one attached hydrogen (secondary N) is 1. The van der Waals surface area contributed by atoms with Gasteiger partial charge in [0, 0.05) is 19.8 Å². The number of fused-ring (bicyclic) bond motifs is 1. The van der Waals surface area contributed by atoms with Gasteiger partial charge < -0.3 is 10.2 Å². The van der Waals surface area contributed by atoms with Crippen LogP contribution in [0.5, 0.6) is 0 Å². The molecule has 0 amide bonds. The van der Waals surface area contributed by atoms with Crippen LogP contribution in [0.1, 0.15) is 5.82 Å². The molecule has 3 heterocycles. The predicted molar refractivity (Wildman–Crippen MR) is 80.2 cm³/mol. The molecular weight excluding hydrogens is 343 g/mol. The highest BCUT2D eigenvalue weighted by atomic mass is 127. The number of guanidine groups is 1. The number of pyridine rings is 1. The summed E-state index contributed by atoms with van der Waals surface area (Å²) >= 11 is 0. The van der Waals surface area contributed by atoms with Crippen LogP contribution >= 0.6 is 24.0 Å². The molecule has 0 aliphatic carbocycles. The molecule has 0 bridgehead atoms. The second-order valence-electron chi connectivity index (χ2n) is 4.03.